The van der Waals surface area contributed by atoms with Crippen molar-refractivity contribution in [2.45, 2.75) is 5.41 Å². The fourth-order valence-corrected chi connectivity index (χ4v) is 12.5. The highest BCUT2D eigenvalue weighted by Gasteiger charge is 2.51. The Morgan fingerprint density at radius 3 is 1.92 bits per heavy atom. The van der Waals surface area contributed by atoms with Crippen LogP contribution in [0.15, 0.2) is 218 Å². The van der Waals surface area contributed by atoms with Crippen LogP contribution in [-0.4, -0.2) is 9.55 Å². The van der Waals surface area contributed by atoms with E-state index in [0.717, 1.165) is 28.1 Å². The number of fused-ring (bicyclic) bond motifs is 15. The Morgan fingerprint density at radius 1 is 0.381 bits per heavy atom. The highest BCUT2D eigenvalue weighted by atomic mass is 32.1. The van der Waals surface area contributed by atoms with Crippen molar-refractivity contribution in [2.75, 3.05) is 0 Å². The van der Waals surface area contributed by atoms with Gasteiger partial charge in [-0.1, -0.05) is 182 Å². The highest BCUT2D eigenvalue weighted by Crippen LogP contribution is 2.63. The van der Waals surface area contributed by atoms with Crippen molar-refractivity contribution in [3.8, 4) is 61.6 Å². The van der Waals surface area contributed by atoms with Crippen LogP contribution in [0.25, 0.3) is 104 Å². The molecule has 63 heavy (non-hydrogen) atoms. The van der Waals surface area contributed by atoms with Gasteiger partial charge in [-0.15, -0.1) is 11.3 Å². The van der Waals surface area contributed by atoms with Gasteiger partial charge in [0.1, 0.15) is 0 Å². The first kappa shape index (κ1) is 34.8. The molecule has 2 aliphatic rings. The number of para-hydroxylation sites is 3. The molecule has 1 aliphatic carbocycles. The normalized spacial score (nSPS) is 14.7. The molecule has 0 saturated heterocycles. The van der Waals surface area contributed by atoms with Crippen molar-refractivity contribution in [1.29, 1.82) is 0 Å². The fourth-order valence-electron chi connectivity index (χ4n) is 11.2. The number of thiophene rings is 1. The van der Waals surface area contributed by atoms with Gasteiger partial charge in [0.2, 0.25) is 0 Å². The minimum Gasteiger partial charge on any atom is -0.309 e. The van der Waals surface area contributed by atoms with Gasteiger partial charge >= 0.3 is 0 Å². The maximum Gasteiger partial charge on any atom is 0.0754 e. The number of aromatic nitrogens is 2. The molecule has 1 unspecified atom stereocenters. The van der Waals surface area contributed by atoms with Crippen LogP contribution in [0, 0.1) is 0 Å². The van der Waals surface area contributed by atoms with Crippen LogP contribution in [0.5, 0.6) is 0 Å². The second-order valence-electron chi connectivity index (χ2n) is 16.9. The van der Waals surface area contributed by atoms with Crippen LogP contribution in [0.4, 0.5) is 0 Å². The van der Waals surface area contributed by atoms with Crippen molar-refractivity contribution in [1.82, 2.24) is 9.55 Å². The first-order valence-corrected chi connectivity index (χ1v) is 22.5. The van der Waals surface area contributed by atoms with Crippen molar-refractivity contribution < 1.29 is 0 Å². The predicted molar refractivity (Wildman–Crippen MR) is 264 cm³/mol. The molecule has 0 amide bonds. The quantitative estimate of drug-likeness (QED) is 0.173. The molecule has 2 nitrogen and oxygen atoms in total. The molecule has 3 aromatic heterocycles. The Kier molecular flexibility index (Phi) is 7.23. The van der Waals surface area contributed by atoms with Crippen LogP contribution in [0.1, 0.15) is 22.3 Å². The van der Waals surface area contributed by atoms with E-state index in [9.17, 15) is 0 Å². The number of rotatable bonds is 4. The maximum atomic E-state index is 5.57. The SMILES string of the molecule is c1ccc(-c2cc(-c3ccccc3)nc(-c3cccc4c3-c3cc(-c5cccc6c5sc5ccccc56)ccc3C43c4ccccc4-n4c5ccccc5c5cccc3c54)c2)cc1. The van der Waals surface area contributed by atoms with Crippen molar-refractivity contribution in [2.24, 2.45) is 0 Å². The summed E-state index contributed by atoms with van der Waals surface area (Å²) in [7, 11) is 0. The summed E-state index contributed by atoms with van der Waals surface area (Å²) in [6.07, 6.45) is 0. The van der Waals surface area contributed by atoms with Gasteiger partial charge in [-0.05, 0) is 92.0 Å². The molecule has 1 aliphatic heterocycles. The van der Waals surface area contributed by atoms with Crippen molar-refractivity contribution >= 4 is 53.3 Å². The molecule has 12 aromatic rings. The van der Waals surface area contributed by atoms with E-state index >= 15 is 0 Å². The number of benzene rings is 9. The monoisotopic (exact) mass is 816 g/mol. The fraction of sp³-hybridized carbons (Fsp3) is 0.0167. The average molecular weight is 817 g/mol. The van der Waals surface area contributed by atoms with Crippen molar-refractivity contribution in [3.63, 3.8) is 0 Å². The van der Waals surface area contributed by atoms with Gasteiger partial charge in [0, 0.05) is 42.1 Å². The van der Waals surface area contributed by atoms with Gasteiger partial charge in [0.15, 0.2) is 0 Å². The van der Waals surface area contributed by atoms with E-state index in [4.69, 9.17) is 4.98 Å². The summed E-state index contributed by atoms with van der Waals surface area (Å²) in [4.78, 5) is 5.57. The van der Waals surface area contributed by atoms with E-state index in [2.05, 4.69) is 223 Å². The molecule has 0 bridgehead atoms. The topological polar surface area (TPSA) is 17.8 Å². The average Bonchev–Trinajstić information content (AvgIpc) is 4.01. The zero-order valence-electron chi connectivity index (χ0n) is 34.1. The van der Waals surface area contributed by atoms with Gasteiger partial charge in [-0.3, -0.25) is 0 Å². The smallest absolute Gasteiger partial charge is 0.0754 e. The third-order valence-corrected chi connectivity index (χ3v) is 15.0. The largest absolute Gasteiger partial charge is 0.309 e. The highest BCUT2D eigenvalue weighted by molar-refractivity contribution is 7.26. The molecule has 0 N–H and O–H groups in total. The number of hydrogen-bond donors (Lipinski definition) is 0. The first-order valence-electron chi connectivity index (χ1n) is 21.7. The standard InChI is InChI=1S/C60H36N2S/c1-3-16-37(17-4-1)40-35-52(38-18-5-2-6-19-38)61-53(36-40)46-25-15-27-50-57(46)47-34-39(41-22-13-24-45-43-21-8-12-31-56(43)63-59(41)45)32-33-48(47)60(50)49-26-9-11-30-55(49)62-54-29-10-7-20-42(54)44-23-14-28-51(60)58(44)62/h1-36H. The molecule has 0 fully saturated rings. The van der Waals surface area contributed by atoms with Gasteiger partial charge in [-0.2, -0.15) is 0 Å². The minimum absolute atomic E-state index is 0.595. The molecule has 0 radical (unpaired) electrons. The lowest BCUT2D eigenvalue weighted by Gasteiger charge is -2.39. The molecule has 1 spiro atoms. The molecule has 292 valence electrons. The summed E-state index contributed by atoms with van der Waals surface area (Å²) in [5.41, 5.74) is 19.8. The van der Waals surface area contributed by atoms with E-state index in [-0.39, 0.29) is 0 Å². The number of nitrogens with zero attached hydrogens (tertiary/aromatic N) is 2. The Morgan fingerprint density at radius 2 is 1.03 bits per heavy atom. The van der Waals surface area contributed by atoms with Crippen LogP contribution in [0.2, 0.25) is 0 Å². The predicted octanol–water partition coefficient (Wildman–Crippen LogP) is 15.9. The minimum atomic E-state index is -0.595. The van der Waals surface area contributed by atoms with Gasteiger partial charge < -0.3 is 4.57 Å². The molecule has 0 saturated carbocycles. The second kappa shape index (κ2) is 13.1. The number of hydrogen-bond acceptors (Lipinski definition) is 2. The lowest BCUT2D eigenvalue weighted by atomic mass is 9.65. The molecular weight excluding hydrogens is 781 g/mol. The van der Waals surface area contributed by atoms with E-state index in [1.807, 2.05) is 11.3 Å². The van der Waals surface area contributed by atoms with Crippen LogP contribution in [-0.2, 0) is 5.41 Å². The third-order valence-electron chi connectivity index (χ3n) is 13.8. The summed E-state index contributed by atoms with van der Waals surface area (Å²) in [6, 6.07) is 80.9. The Bertz CT molecular complexity index is 3800. The summed E-state index contributed by atoms with van der Waals surface area (Å²) in [6.45, 7) is 0. The maximum absolute atomic E-state index is 5.57. The molecule has 4 heterocycles. The summed E-state index contributed by atoms with van der Waals surface area (Å²) in [5.74, 6) is 0. The Labute approximate surface area is 368 Å². The molecular formula is C60H36N2S. The Balaban J connectivity index is 1.12. The van der Waals surface area contributed by atoms with Crippen molar-refractivity contribution in [3.05, 3.63) is 241 Å². The van der Waals surface area contributed by atoms with Gasteiger partial charge in [0.05, 0.1) is 33.5 Å². The van der Waals surface area contributed by atoms with Crippen LogP contribution >= 0.6 is 11.3 Å². The van der Waals surface area contributed by atoms with Gasteiger partial charge in [-0.25, -0.2) is 4.98 Å². The molecule has 1 atom stereocenters. The third kappa shape index (κ3) is 4.75. The van der Waals surface area contributed by atoms with E-state index in [0.29, 0.717) is 0 Å². The van der Waals surface area contributed by atoms with E-state index < -0.39 is 5.41 Å². The lowest BCUT2D eigenvalue weighted by Crippen LogP contribution is -2.33. The zero-order valence-corrected chi connectivity index (χ0v) is 34.9. The Hall–Kier alpha value is -7.85. The van der Waals surface area contributed by atoms with Gasteiger partial charge in [0.25, 0.3) is 0 Å². The number of pyridine rings is 1. The summed E-state index contributed by atoms with van der Waals surface area (Å²) in [5, 5.41) is 5.17. The lowest BCUT2D eigenvalue weighted by molar-refractivity contribution is 0.748. The first-order chi connectivity index (χ1) is 31.3. The van der Waals surface area contributed by atoms with E-state index in [1.165, 1.54) is 97.7 Å². The zero-order chi connectivity index (χ0) is 41.2. The summed E-state index contributed by atoms with van der Waals surface area (Å²) >= 11 is 1.89. The summed E-state index contributed by atoms with van der Waals surface area (Å²) < 4.78 is 5.16. The van der Waals surface area contributed by atoms with Crippen LogP contribution in [0.3, 0.4) is 0 Å². The molecule has 9 aromatic carbocycles. The molecule has 3 heteroatoms. The van der Waals surface area contributed by atoms with Crippen LogP contribution < -0.4 is 0 Å². The molecule has 14 rings (SSSR count). The van der Waals surface area contributed by atoms with E-state index in [1.54, 1.807) is 0 Å². The second-order valence-corrected chi connectivity index (χ2v) is 18.0.